The molecule has 86 valence electrons. The summed E-state index contributed by atoms with van der Waals surface area (Å²) in [4.78, 5) is 0. The molecule has 0 amide bonds. The van der Waals surface area contributed by atoms with E-state index in [-0.39, 0.29) is 12.0 Å². The summed E-state index contributed by atoms with van der Waals surface area (Å²) in [5.74, 6) is 0. The third kappa shape index (κ3) is 4.06. The third-order valence-electron chi connectivity index (χ3n) is 2.54. The summed E-state index contributed by atoms with van der Waals surface area (Å²) in [6, 6.07) is 2.13. The molecule has 0 fully saturated rings. The number of rotatable bonds is 6. The zero-order chi connectivity index (χ0) is 11.3. The predicted molar refractivity (Wildman–Crippen MR) is 62.7 cm³/mol. The monoisotopic (exact) mass is 210 g/mol. The lowest BCUT2D eigenvalue weighted by molar-refractivity contribution is 0.156. The van der Waals surface area contributed by atoms with Crippen molar-refractivity contribution in [2.24, 2.45) is 5.41 Å². The minimum Gasteiger partial charge on any atom is -0.396 e. The van der Waals surface area contributed by atoms with Crippen LogP contribution in [0.4, 0.5) is 0 Å². The lowest BCUT2D eigenvalue weighted by Gasteiger charge is -2.21. The van der Waals surface area contributed by atoms with E-state index >= 15 is 0 Å². The van der Waals surface area contributed by atoms with Gasteiger partial charge in [0, 0.05) is 44.0 Å². The molecule has 0 bridgehead atoms. The summed E-state index contributed by atoms with van der Waals surface area (Å²) < 4.78 is 2.16. The molecule has 3 heteroatoms. The summed E-state index contributed by atoms with van der Waals surface area (Å²) in [5, 5.41) is 12.4. The number of hydrogen-bond donors (Lipinski definition) is 2. The van der Waals surface area contributed by atoms with Gasteiger partial charge in [-0.15, -0.1) is 0 Å². The molecular weight excluding hydrogens is 188 g/mol. The van der Waals surface area contributed by atoms with Crippen LogP contribution in [0.3, 0.4) is 0 Å². The molecule has 0 saturated carbocycles. The molecule has 3 nitrogen and oxygen atoms in total. The second-order valence-electron chi connectivity index (χ2n) is 4.78. The van der Waals surface area contributed by atoms with Gasteiger partial charge in [-0.05, 0) is 18.6 Å². The van der Waals surface area contributed by atoms with Crippen LogP contribution >= 0.6 is 0 Å². The largest absolute Gasteiger partial charge is 0.396 e. The van der Waals surface area contributed by atoms with E-state index in [0.29, 0.717) is 0 Å². The molecule has 2 N–H and O–H groups in total. The van der Waals surface area contributed by atoms with E-state index < -0.39 is 0 Å². The minimum absolute atomic E-state index is 0.0344. The van der Waals surface area contributed by atoms with Crippen molar-refractivity contribution in [2.75, 3.05) is 13.2 Å². The molecule has 0 unspecified atom stereocenters. The smallest absolute Gasteiger partial charge is 0.0494 e. The second kappa shape index (κ2) is 5.33. The first-order valence-corrected chi connectivity index (χ1v) is 5.53. The van der Waals surface area contributed by atoms with Gasteiger partial charge in [0.05, 0.1) is 0 Å². The molecule has 0 saturated heterocycles. The van der Waals surface area contributed by atoms with Crippen LogP contribution in [-0.4, -0.2) is 22.8 Å². The summed E-state index contributed by atoms with van der Waals surface area (Å²) in [7, 11) is 0. The summed E-state index contributed by atoms with van der Waals surface area (Å²) in [6.45, 7) is 9.18. The van der Waals surface area contributed by atoms with Gasteiger partial charge in [0.25, 0.3) is 0 Å². The van der Waals surface area contributed by atoms with Crippen LogP contribution in [0.2, 0.25) is 0 Å². The van der Waals surface area contributed by atoms with E-state index in [1.54, 1.807) is 0 Å². The van der Waals surface area contributed by atoms with Gasteiger partial charge in [-0.3, -0.25) is 0 Å². The van der Waals surface area contributed by atoms with Crippen molar-refractivity contribution in [2.45, 2.75) is 33.9 Å². The Morgan fingerprint density at radius 3 is 2.73 bits per heavy atom. The molecule has 0 aliphatic carbocycles. The SMILES string of the molecule is CCn1ccc(CNCC(C)(C)CO)c1. The van der Waals surface area contributed by atoms with Gasteiger partial charge >= 0.3 is 0 Å². The lowest BCUT2D eigenvalue weighted by Crippen LogP contribution is -2.31. The molecule has 0 aromatic carbocycles. The van der Waals surface area contributed by atoms with E-state index in [2.05, 4.69) is 49.1 Å². The fourth-order valence-electron chi connectivity index (χ4n) is 1.39. The summed E-state index contributed by atoms with van der Waals surface area (Å²) in [5.41, 5.74) is 1.26. The standard InChI is InChI=1S/C12H22N2O/c1-4-14-6-5-11(8-14)7-13-9-12(2,3)10-15/h5-6,8,13,15H,4,7,9-10H2,1-3H3. The Morgan fingerprint density at radius 2 is 2.20 bits per heavy atom. The highest BCUT2D eigenvalue weighted by Gasteiger charge is 2.15. The molecule has 0 spiro atoms. The molecular formula is C12H22N2O. The molecule has 1 rings (SSSR count). The number of nitrogens with zero attached hydrogens (tertiary/aromatic N) is 1. The normalized spacial score (nSPS) is 12.0. The Bertz CT molecular complexity index is 292. The maximum absolute atomic E-state index is 9.09. The first kappa shape index (κ1) is 12.3. The Kier molecular flexibility index (Phi) is 4.36. The van der Waals surface area contributed by atoms with Gasteiger partial charge in [0.2, 0.25) is 0 Å². The molecule has 1 aromatic rings. The summed E-state index contributed by atoms with van der Waals surface area (Å²) in [6.07, 6.45) is 4.24. The van der Waals surface area contributed by atoms with Crippen molar-refractivity contribution in [3.63, 3.8) is 0 Å². The lowest BCUT2D eigenvalue weighted by atomic mass is 9.95. The maximum Gasteiger partial charge on any atom is 0.0494 e. The fourth-order valence-corrected chi connectivity index (χ4v) is 1.39. The average Bonchev–Trinajstić information content (AvgIpc) is 2.66. The van der Waals surface area contributed by atoms with E-state index in [4.69, 9.17) is 5.11 Å². The van der Waals surface area contributed by atoms with E-state index in [1.807, 2.05) is 0 Å². The van der Waals surface area contributed by atoms with Crippen molar-refractivity contribution in [3.8, 4) is 0 Å². The molecule has 0 aliphatic rings. The molecule has 0 radical (unpaired) electrons. The Balaban J connectivity index is 2.31. The van der Waals surface area contributed by atoms with Crippen LogP contribution in [-0.2, 0) is 13.1 Å². The first-order valence-electron chi connectivity index (χ1n) is 5.53. The first-order chi connectivity index (χ1) is 7.07. The van der Waals surface area contributed by atoms with Crippen molar-refractivity contribution >= 4 is 0 Å². The van der Waals surface area contributed by atoms with E-state index in [9.17, 15) is 0 Å². The molecule has 15 heavy (non-hydrogen) atoms. The van der Waals surface area contributed by atoms with Crippen LogP contribution in [0.25, 0.3) is 0 Å². The van der Waals surface area contributed by atoms with Crippen LogP contribution in [0.1, 0.15) is 26.3 Å². The quantitative estimate of drug-likeness (QED) is 0.748. The number of hydrogen-bond acceptors (Lipinski definition) is 2. The zero-order valence-electron chi connectivity index (χ0n) is 9.95. The van der Waals surface area contributed by atoms with Gasteiger partial charge in [-0.25, -0.2) is 0 Å². The molecule has 1 aromatic heterocycles. The number of aliphatic hydroxyl groups excluding tert-OH is 1. The van der Waals surface area contributed by atoms with Crippen molar-refractivity contribution in [3.05, 3.63) is 24.0 Å². The van der Waals surface area contributed by atoms with Crippen molar-refractivity contribution in [1.29, 1.82) is 0 Å². The fraction of sp³-hybridized carbons (Fsp3) is 0.667. The van der Waals surface area contributed by atoms with E-state index in [0.717, 1.165) is 19.6 Å². The second-order valence-corrected chi connectivity index (χ2v) is 4.78. The van der Waals surface area contributed by atoms with Crippen LogP contribution in [0.15, 0.2) is 18.5 Å². The van der Waals surface area contributed by atoms with Gasteiger partial charge in [0.15, 0.2) is 0 Å². The Hall–Kier alpha value is -0.800. The van der Waals surface area contributed by atoms with Gasteiger partial charge in [0.1, 0.15) is 0 Å². The predicted octanol–water partition coefficient (Wildman–Crippen LogP) is 1.62. The highest BCUT2D eigenvalue weighted by atomic mass is 16.3. The number of aliphatic hydroxyl groups is 1. The zero-order valence-corrected chi connectivity index (χ0v) is 9.95. The highest BCUT2D eigenvalue weighted by molar-refractivity contribution is 5.09. The van der Waals surface area contributed by atoms with Crippen LogP contribution in [0, 0.1) is 5.41 Å². The van der Waals surface area contributed by atoms with Crippen molar-refractivity contribution in [1.82, 2.24) is 9.88 Å². The van der Waals surface area contributed by atoms with E-state index in [1.165, 1.54) is 5.56 Å². The highest BCUT2D eigenvalue weighted by Crippen LogP contribution is 2.11. The average molecular weight is 210 g/mol. The third-order valence-corrected chi connectivity index (χ3v) is 2.54. The van der Waals surface area contributed by atoms with Crippen LogP contribution < -0.4 is 5.32 Å². The Labute approximate surface area is 92.1 Å². The minimum atomic E-state index is -0.0344. The van der Waals surface area contributed by atoms with Gasteiger partial charge in [-0.2, -0.15) is 0 Å². The number of aryl methyl sites for hydroxylation is 1. The Morgan fingerprint density at radius 1 is 1.47 bits per heavy atom. The van der Waals surface area contributed by atoms with Gasteiger partial charge < -0.3 is 15.0 Å². The summed E-state index contributed by atoms with van der Waals surface area (Å²) >= 11 is 0. The number of aromatic nitrogens is 1. The van der Waals surface area contributed by atoms with Crippen LogP contribution in [0.5, 0.6) is 0 Å². The molecule has 1 heterocycles. The maximum atomic E-state index is 9.09. The molecule has 0 aliphatic heterocycles. The number of nitrogens with one attached hydrogen (secondary N) is 1. The van der Waals surface area contributed by atoms with Crippen molar-refractivity contribution < 1.29 is 5.11 Å². The van der Waals surface area contributed by atoms with Gasteiger partial charge in [-0.1, -0.05) is 13.8 Å². The topological polar surface area (TPSA) is 37.2 Å². The molecule has 0 atom stereocenters.